The first-order chi connectivity index (χ1) is 12.1. The van der Waals surface area contributed by atoms with Crippen LogP contribution in [0.1, 0.15) is 67.6 Å². The fraction of sp³-hybridized carbons (Fsp3) is 0.565. The summed E-state index contributed by atoms with van der Waals surface area (Å²) >= 11 is 0. The van der Waals surface area contributed by atoms with Crippen LogP contribution in [0.15, 0.2) is 43.0 Å². The molecule has 136 valence electrons. The second-order valence-electron chi connectivity index (χ2n) is 8.14. The molecule has 1 aromatic carbocycles. The number of nitrogens with two attached hydrogens (primary N) is 1. The van der Waals surface area contributed by atoms with E-state index in [0.29, 0.717) is 11.8 Å². The monoisotopic (exact) mass is 339 g/mol. The van der Waals surface area contributed by atoms with E-state index in [1.165, 1.54) is 48.8 Å². The molecule has 1 aromatic rings. The molecule has 2 aliphatic carbocycles. The summed E-state index contributed by atoms with van der Waals surface area (Å²) in [4.78, 5) is 0. The molecule has 25 heavy (non-hydrogen) atoms. The minimum atomic E-state index is -0.359. The third kappa shape index (κ3) is 4.62. The standard InChI is InChI=1S/C23H33NO/c1-2-3-4-5-6-7-18-8-9-20-15-21(11-10-19(20)14-18)22-12-13-23(24,16-22)17-25/h2,6-7,10-11,15,18,22,25H,1,3-5,8-9,12-14,16-17,24H2/b7-6-/t18-,22-,23+/m0/s1. The maximum Gasteiger partial charge on any atom is 0.0611 e. The Kier molecular flexibility index (Phi) is 6.14. The van der Waals surface area contributed by atoms with Gasteiger partial charge in [-0.3, -0.25) is 0 Å². The van der Waals surface area contributed by atoms with E-state index in [1.807, 2.05) is 6.08 Å². The van der Waals surface area contributed by atoms with E-state index < -0.39 is 0 Å². The zero-order valence-electron chi connectivity index (χ0n) is 15.4. The molecule has 0 spiro atoms. The number of aryl methyl sites for hydroxylation is 1. The zero-order valence-corrected chi connectivity index (χ0v) is 15.4. The van der Waals surface area contributed by atoms with Crippen molar-refractivity contribution >= 4 is 0 Å². The van der Waals surface area contributed by atoms with Crippen LogP contribution in [0.5, 0.6) is 0 Å². The average molecular weight is 340 g/mol. The van der Waals surface area contributed by atoms with Gasteiger partial charge in [-0.2, -0.15) is 0 Å². The van der Waals surface area contributed by atoms with Crippen LogP contribution in [-0.2, 0) is 12.8 Å². The van der Waals surface area contributed by atoms with Crippen molar-refractivity contribution in [3.05, 3.63) is 59.7 Å². The molecule has 0 amide bonds. The minimum Gasteiger partial charge on any atom is -0.394 e. The van der Waals surface area contributed by atoms with E-state index in [1.54, 1.807) is 0 Å². The van der Waals surface area contributed by atoms with Crippen molar-refractivity contribution in [2.75, 3.05) is 6.61 Å². The number of unbranched alkanes of at least 4 members (excludes halogenated alkanes) is 2. The van der Waals surface area contributed by atoms with Crippen LogP contribution in [0.25, 0.3) is 0 Å². The molecule has 0 bridgehead atoms. The molecule has 1 fully saturated rings. The largest absolute Gasteiger partial charge is 0.394 e. The summed E-state index contributed by atoms with van der Waals surface area (Å²) in [5.41, 5.74) is 10.4. The number of hydrogen-bond donors (Lipinski definition) is 2. The van der Waals surface area contributed by atoms with E-state index in [-0.39, 0.29) is 12.1 Å². The molecule has 3 rings (SSSR count). The summed E-state index contributed by atoms with van der Waals surface area (Å²) in [6.07, 6.45) is 16.9. The Morgan fingerprint density at radius 2 is 2.12 bits per heavy atom. The quantitative estimate of drug-likeness (QED) is 0.560. The van der Waals surface area contributed by atoms with Crippen molar-refractivity contribution in [1.29, 1.82) is 0 Å². The van der Waals surface area contributed by atoms with Crippen LogP contribution in [0.4, 0.5) is 0 Å². The molecule has 0 saturated heterocycles. The SMILES string of the molecule is C=CCCC/C=C\[C@H]1CCc2cc([C@H]3CC[C@](N)(CO)C3)ccc2C1. The predicted molar refractivity (Wildman–Crippen MR) is 106 cm³/mol. The van der Waals surface area contributed by atoms with E-state index in [9.17, 15) is 5.11 Å². The number of hydrogen-bond acceptors (Lipinski definition) is 2. The van der Waals surface area contributed by atoms with Crippen molar-refractivity contribution in [2.24, 2.45) is 11.7 Å². The van der Waals surface area contributed by atoms with Gasteiger partial charge >= 0.3 is 0 Å². The summed E-state index contributed by atoms with van der Waals surface area (Å²) in [5.74, 6) is 1.21. The molecular formula is C23H33NO. The van der Waals surface area contributed by atoms with Crippen LogP contribution in [0, 0.1) is 5.92 Å². The smallest absolute Gasteiger partial charge is 0.0611 e. The van der Waals surface area contributed by atoms with Gasteiger partial charge < -0.3 is 10.8 Å². The first kappa shape index (κ1) is 18.4. The molecule has 2 heteroatoms. The van der Waals surface area contributed by atoms with Crippen molar-refractivity contribution < 1.29 is 5.11 Å². The van der Waals surface area contributed by atoms with Gasteiger partial charge in [0.2, 0.25) is 0 Å². The highest BCUT2D eigenvalue weighted by Crippen LogP contribution is 2.40. The lowest BCUT2D eigenvalue weighted by Gasteiger charge is -2.25. The molecule has 0 aromatic heterocycles. The normalized spacial score (nSPS) is 29.0. The van der Waals surface area contributed by atoms with Crippen LogP contribution >= 0.6 is 0 Å². The fourth-order valence-electron chi connectivity index (χ4n) is 4.47. The highest BCUT2D eigenvalue weighted by molar-refractivity contribution is 5.37. The van der Waals surface area contributed by atoms with E-state index in [2.05, 4.69) is 36.9 Å². The van der Waals surface area contributed by atoms with Gasteiger partial charge in [0, 0.05) is 5.54 Å². The zero-order chi connectivity index (χ0) is 17.7. The number of fused-ring (bicyclic) bond motifs is 1. The van der Waals surface area contributed by atoms with Gasteiger partial charge in [0.15, 0.2) is 0 Å². The van der Waals surface area contributed by atoms with Gasteiger partial charge in [-0.15, -0.1) is 6.58 Å². The summed E-state index contributed by atoms with van der Waals surface area (Å²) in [7, 11) is 0. The lowest BCUT2D eigenvalue weighted by atomic mass is 9.81. The first-order valence-electron chi connectivity index (χ1n) is 9.92. The number of allylic oxidation sites excluding steroid dienone is 3. The predicted octanol–water partition coefficient (Wildman–Crippen LogP) is 4.66. The number of aliphatic hydroxyl groups is 1. The van der Waals surface area contributed by atoms with Crippen molar-refractivity contribution in [2.45, 2.75) is 69.2 Å². The Balaban J connectivity index is 1.59. The Bertz CT molecular complexity index is 621. The summed E-state index contributed by atoms with van der Waals surface area (Å²) in [6.45, 7) is 3.88. The summed E-state index contributed by atoms with van der Waals surface area (Å²) < 4.78 is 0. The van der Waals surface area contributed by atoms with Crippen LogP contribution in [0.2, 0.25) is 0 Å². The average Bonchev–Trinajstić information content (AvgIpc) is 3.04. The first-order valence-corrected chi connectivity index (χ1v) is 9.92. The fourth-order valence-corrected chi connectivity index (χ4v) is 4.47. The molecule has 0 radical (unpaired) electrons. The second kappa shape index (κ2) is 8.33. The molecule has 2 nitrogen and oxygen atoms in total. The van der Waals surface area contributed by atoms with E-state index >= 15 is 0 Å². The van der Waals surface area contributed by atoms with Gasteiger partial charge in [-0.1, -0.05) is 36.4 Å². The molecule has 3 N–H and O–H groups in total. The number of benzene rings is 1. The molecule has 1 saturated carbocycles. The molecule has 3 atom stereocenters. The van der Waals surface area contributed by atoms with Gasteiger partial charge in [0.05, 0.1) is 6.61 Å². The topological polar surface area (TPSA) is 46.2 Å². The van der Waals surface area contributed by atoms with Crippen molar-refractivity contribution in [3.8, 4) is 0 Å². The minimum absolute atomic E-state index is 0.106. The van der Waals surface area contributed by atoms with Gasteiger partial charge in [0.1, 0.15) is 0 Å². The maximum atomic E-state index is 9.49. The Morgan fingerprint density at radius 3 is 2.88 bits per heavy atom. The van der Waals surface area contributed by atoms with E-state index in [4.69, 9.17) is 5.73 Å². The lowest BCUT2D eigenvalue weighted by Crippen LogP contribution is -2.40. The molecule has 0 heterocycles. The van der Waals surface area contributed by atoms with Crippen molar-refractivity contribution in [3.63, 3.8) is 0 Å². The van der Waals surface area contributed by atoms with E-state index in [0.717, 1.165) is 25.7 Å². The van der Waals surface area contributed by atoms with Crippen LogP contribution in [0.3, 0.4) is 0 Å². The summed E-state index contributed by atoms with van der Waals surface area (Å²) in [6, 6.07) is 7.08. The lowest BCUT2D eigenvalue weighted by molar-refractivity contribution is 0.198. The highest BCUT2D eigenvalue weighted by Gasteiger charge is 2.36. The molecule has 2 aliphatic rings. The summed E-state index contributed by atoms with van der Waals surface area (Å²) in [5, 5.41) is 9.49. The third-order valence-corrected chi connectivity index (χ3v) is 6.11. The Hall–Kier alpha value is -1.38. The Labute approximate surface area is 152 Å². The second-order valence-corrected chi connectivity index (χ2v) is 8.14. The third-order valence-electron chi connectivity index (χ3n) is 6.11. The van der Waals surface area contributed by atoms with Gasteiger partial charge in [-0.25, -0.2) is 0 Å². The molecule has 0 unspecified atom stereocenters. The van der Waals surface area contributed by atoms with Crippen LogP contribution in [-0.4, -0.2) is 17.3 Å². The number of rotatable bonds is 7. The van der Waals surface area contributed by atoms with Gasteiger partial charge in [-0.05, 0) is 86.3 Å². The Morgan fingerprint density at radius 1 is 1.24 bits per heavy atom. The van der Waals surface area contributed by atoms with Gasteiger partial charge in [0.25, 0.3) is 0 Å². The highest BCUT2D eigenvalue weighted by atomic mass is 16.3. The molecule has 0 aliphatic heterocycles. The number of aliphatic hydroxyl groups excluding tert-OH is 1. The maximum absolute atomic E-state index is 9.49. The molecular weight excluding hydrogens is 306 g/mol. The van der Waals surface area contributed by atoms with Crippen molar-refractivity contribution in [1.82, 2.24) is 0 Å². The van der Waals surface area contributed by atoms with Crippen LogP contribution < -0.4 is 5.73 Å².